The molecule has 0 aromatic carbocycles. The fourth-order valence-corrected chi connectivity index (χ4v) is 5.76. The zero-order chi connectivity index (χ0) is 17.9. The van der Waals surface area contributed by atoms with Crippen LogP contribution in [0.3, 0.4) is 0 Å². The van der Waals surface area contributed by atoms with Gasteiger partial charge in [-0.05, 0) is 61.2 Å². The highest BCUT2D eigenvalue weighted by Gasteiger charge is 2.41. The van der Waals surface area contributed by atoms with Crippen molar-refractivity contribution in [3.8, 4) is 0 Å². The molecule has 0 spiro atoms. The van der Waals surface area contributed by atoms with Gasteiger partial charge in [-0.3, -0.25) is 4.90 Å². The van der Waals surface area contributed by atoms with E-state index >= 15 is 0 Å². The van der Waals surface area contributed by atoms with Crippen LogP contribution in [-0.4, -0.2) is 35.2 Å². The number of aliphatic hydroxyl groups excluding tert-OH is 1. The van der Waals surface area contributed by atoms with Crippen LogP contribution in [-0.2, 0) is 0 Å². The topological polar surface area (TPSA) is 23.5 Å². The fraction of sp³-hybridized carbons (Fsp3) is 1.00. The van der Waals surface area contributed by atoms with Gasteiger partial charge in [0, 0.05) is 18.6 Å². The van der Waals surface area contributed by atoms with Gasteiger partial charge in [0.15, 0.2) is 0 Å². The first kappa shape index (κ1) is 20.2. The zero-order valence-corrected chi connectivity index (χ0v) is 17.2. The average molecular weight is 338 g/mol. The number of rotatable bonds is 6. The second-order valence-electron chi connectivity index (χ2n) is 9.75. The maximum absolute atomic E-state index is 9.84. The van der Waals surface area contributed by atoms with Crippen molar-refractivity contribution >= 4 is 0 Å². The Morgan fingerprint density at radius 2 is 1.21 bits per heavy atom. The van der Waals surface area contributed by atoms with Crippen LogP contribution in [0.15, 0.2) is 0 Å². The third-order valence-corrected chi connectivity index (χ3v) is 7.18. The van der Waals surface area contributed by atoms with Gasteiger partial charge in [0.25, 0.3) is 0 Å². The van der Waals surface area contributed by atoms with E-state index in [4.69, 9.17) is 0 Å². The summed E-state index contributed by atoms with van der Waals surface area (Å²) in [5.74, 6) is 4.79. The van der Waals surface area contributed by atoms with Crippen LogP contribution in [0.4, 0.5) is 0 Å². The lowest BCUT2D eigenvalue weighted by atomic mass is 9.69. The van der Waals surface area contributed by atoms with Gasteiger partial charge < -0.3 is 5.11 Å². The summed E-state index contributed by atoms with van der Waals surface area (Å²) in [7, 11) is 0. The molecule has 0 radical (unpaired) electrons. The molecule has 6 atom stereocenters. The summed E-state index contributed by atoms with van der Waals surface area (Å²) >= 11 is 0. The summed E-state index contributed by atoms with van der Waals surface area (Å²) in [5.41, 5.74) is 0. The van der Waals surface area contributed by atoms with Crippen LogP contribution in [0.5, 0.6) is 0 Å². The molecule has 2 saturated carbocycles. The molecule has 24 heavy (non-hydrogen) atoms. The molecule has 0 aromatic heterocycles. The molecule has 0 bridgehead atoms. The third kappa shape index (κ3) is 4.75. The lowest BCUT2D eigenvalue weighted by molar-refractivity contribution is -0.0301. The van der Waals surface area contributed by atoms with Crippen molar-refractivity contribution in [2.24, 2.45) is 35.5 Å². The number of nitrogens with zero attached hydrogens (tertiary/aromatic N) is 1. The number of hydrogen-bond donors (Lipinski definition) is 1. The zero-order valence-electron chi connectivity index (χ0n) is 17.2. The molecule has 2 aliphatic carbocycles. The van der Waals surface area contributed by atoms with Crippen LogP contribution in [0, 0.1) is 35.5 Å². The predicted molar refractivity (Wildman–Crippen MR) is 104 cm³/mol. The van der Waals surface area contributed by atoms with Gasteiger partial charge in [-0.25, -0.2) is 0 Å². The van der Waals surface area contributed by atoms with Gasteiger partial charge in [0.2, 0.25) is 0 Å². The lowest BCUT2D eigenvalue weighted by Crippen LogP contribution is -2.55. The second kappa shape index (κ2) is 9.03. The third-order valence-electron chi connectivity index (χ3n) is 7.18. The summed E-state index contributed by atoms with van der Waals surface area (Å²) in [6, 6.07) is 1.36. The van der Waals surface area contributed by atoms with Gasteiger partial charge in [0.05, 0.1) is 6.61 Å². The Hall–Kier alpha value is -0.0800. The molecule has 142 valence electrons. The van der Waals surface area contributed by atoms with Crippen molar-refractivity contribution in [2.75, 3.05) is 13.2 Å². The van der Waals surface area contributed by atoms with E-state index in [-0.39, 0.29) is 0 Å². The minimum absolute atomic E-state index is 0.311. The standard InChI is InChI=1S/C22H43NO/c1-15(2)19-9-7-17(5)13-21(19)23(11-12-24)22-14-18(6)8-10-20(22)16(3)4/h15-22,24H,7-14H2,1-6H3. The van der Waals surface area contributed by atoms with Gasteiger partial charge in [-0.15, -0.1) is 0 Å². The highest BCUT2D eigenvalue weighted by molar-refractivity contribution is 4.95. The average Bonchev–Trinajstić information content (AvgIpc) is 2.51. The van der Waals surface area contributed by atoms with Crippen molar-refractivity contribution in [1.29, 1.82) is 0 Å². The summed E-state index contributed by atoms with van der Waals surface area (Å²) in [4.78, 5) is 2.79. The minimum Gasteiger partial charge on any atom is -0.395 e. The molecular weight excluding hydrogens is 294 g/mol. The van der Waals surface area contributed by atoms with E-state index in [9.17, 15) is 5.11 Å². The maximum atomic E-state index is 9.84. The largest absolute Gasteiger partial charge is 0.395 e. The highest BCUT2D eigenvalue weighted by Crippen LogP contribution is 2.42. The normalized spacial score (nSPS) is 38.2. The van der Waals surface area contributed by atoms with E-state index in [1.165, 1.54) is 38.5 Å². The van der Waals surface area contributed by atoms with E-state index < -0.39 is 0 Å². The Labute approximate surface area is 151 Å². The molecule has 0 amide bonds. The van der Waals surface area contributed by atoms with Crippen LogP contribution < -0.4 is 0 Å². The Morgan fingerprint density at radius 1 is 0.792 bits per heavy atom. The van der Waals surface area contributed by atoms with Crippen LogP contribution >= 0.6 is 0 Å². The molecule has 1 N–H and O–H groups in total. The monoisotopic (exact) mass is 337 g/mol. The SMILES string of the molecule is CC1CCC(C(C)C)C(N(CCO)C2CC(C)CCC2C(C)C)C1. The molecule has 0 saturated heterocycles. The summed E-state index contributed by atoms with van der Waals surface area (Å²) in [6.07, 6.45) is 8.19. The Morgan fingerprint density at radius 3 is 1.54 bits per heavy atom. The molecule has 2 nitrogen and oxygen atoms in total. The van der Waals surface area contributed by atoms with E-state index in [0.29, 0.717) is 18.7 Å². The first-order valence-electron chi connectivity index (χ1n) is 10.7. The van der Waals surface area contributed by atoms with Crippen LogP contribution in [0.25, 0.3) is 0 Å². The number of aliphatic hydroxyl groups is 1. The summed E-state index contributed by atoms with van der Waals surface area (Å²) in [5, 5.41) is 9.84. The van der Waals surface area contributed by atoms with E-state index in [1.807, 2.05) is 0 Å². The van der Waals surface area contributed by atoms with Gasteiger partial charge in [-0.2, -0.15) is 0 Å². The molecule has 2 heteroatoms. The predicted octanol–water partition coefficient (Wildman–Crippen LogP) is 5.20. The Balaban J connectivity index is 2.26. The minimum atomic E-state index is 0.311. The molecular formula is C22H43NO. The van der Waals surface area contributed by atoms with E-state index in [2.05, 4.69) is 46.4 Å². The van der Waals surface area contributed by atoms with Crippen molar-refractivity contribution in [3.05, 3.63) is 0 Å². The first-order valence-corrected chi connectivity index (χ1v) is 10.7. The number of hydrogen-bond acceptors (Lipinski definition) is 2. The van der Waals surface area contributed by atoms with Crippen LogP contribution in [0.1, 0.15) is 80.1 Å². The van der Waals surface area contributed by atoms with Gasteiger partial charge in [-0.1, -0.05) is 54.4 Å². The van der Waals surface area contributed by atoms with Crippen molar-refractivity contribution < 1.29 is 5.11 Å². The summed E-state index contributed by atoms with van der Waals surface area (Å²) in [6.45, 7) is 15.7. The first-order chi connectivity index (χ1) is 11.3. The quantitative estimate of drug-likeness (QED) is 0.720. The van der Waals surface area contributed by atoms with Crippen molar-refractivity contribution in [2.45, 2.75) is 92.2 Å². The second-order valence-corrected chi connectivity index (χ2v) is 9.75. The molecule has 0 aromatic rings. The molecule has 2 aliphatic rings. The highest BCUT2D eigenvalue weighted by atomic mass is 16.3. The summed E-state index contributed by atoms with van der Waals surface area (Å²) < 4.78 is 0. The molecule has 6 unspecified atom stereocenters. The van der Waals surface area contributed by atoms with Crippen molar-refractivity contribution in [3.63, 3.8) is 0 Å². The van der Waals surface area contributed by atoms with E-state index in [0.717, 1.165) is 42.1 Å². The van der Waals surface area contributed by atoms with Gasteiger partial charge in [0.1, 0.15) is 0 Å². The van der Waals surface area contributed by atoms with Gasteiger partial charge >= 0.3 is 0 Å². The van der Waals surface area contributed by atoms with Crippen LogP contribution in [0.2, 0.25) is 0 Å². The fourth-order valence-electron chi connectivity index (χ4n) is 5.76. The lowest BCUT2D eigenvalue weighted by Gasteiger charge is -2.51. The molecule has 0 heterocycles. The van der Waals surface area contributed by atoms with Crippen molar-refractivity contribution in [1.82, 2.24) is 4.90 Å². The van der Waals surface area contributed by atoms with E-state index in [1.54, 1.807) is 0 Å². The smallest absolute Gasteiger partial charge is 0.0558 e. The molecule has 2 rings (SSSR count). The Bertz CT molecular complexity index is 335. The maximum Gasteiger partial charge on any atom is 0.0558 e. The molecule has 2 fully saturated rings. The molecule has 0 aliphatic heterocycles. The Kier molecular flexibility index (Phi) is 7.61.